The van der Waals surface area contributed by atoms with Crippen LogP contribution >= 0.6 is 11.6 Å². The quantitative estimate of drug-likeness (QED) is 0.347. The highest BCUT2D eigenvalue weighted by Crippen LogP contribution is 2.32. The summed E-state index contributed by atoms with van der Waals surface area (Å²) in [5, 5.41) is 11.0. The van der Waals surface area contributed by atoms with Gasteiger partial charge in [-0.1, -0.05) is 17.7 Å². The summed E-state index contributed by atoms with van der Waals surface area (Å²) in [6.07, 6.45) is 1.54. The highest BCUT2D eigenvalue weighted by molar-refractivity contribution is 6.32. The van der Waals surface area contributed by atoms with Gasteiger partial charge in [0, 0.05) is 11.6 Å². The first-order valence-corrected chi connectivity index (χ1v) is 8.25. The molecule has 2 aromatic carbocycles. The Morgan fingerprint density at radius 3 is 2.67 bits per heavy atom. The van der Waals surface area contributed by atoms with Crippen molar-refractivity contribution in [1.29, 1.82) is 0 Å². The van der Waals surface area contributed by atoms with Crippen LogP contribution in [0, 0.1) is 10.1 Å². The normalized spacial score (nSPS) is 16.9. The van der Waals surface area contributed by atoms with E-state index in [1.54, 1.807) is 18.2 Å². The van der Waals surface area contributed by atoms with Crippen LogP contribution in [0.3, 0.4) is 0 Å². The van der Waals surface area contributed by atoms with Gasteiger partial charge in [0.25, 0.3) is 5.69 Å². The predicted molar refractivity (Wildman–Crippen MR) is 96.1 cm³/mol. The molecule has 0 aromatic heterocycles. The molecule has 0 aliphatic carbocycles. The lowest BCUT2D eigenvalue weighted by Crippen LogP contribution is -2.15. The Morgan fingerprint density at radius 1 is 1.11 bits per heavy atom. The third-order valence-electron chi connectivity index (χ3n) is 3.88. The molecule has 0 amide bonds. The van der Waals surface area contributed by atoms with Gasteiger partial charge in [0.1, 0.15) is 18.2 Å². The van der Waals surface area contributed by atoms with Crippen LogP contribution in [0.1, 0.15) is 11.1 Å². The molecule has 136 valence electrons. The molecular weight excluding hydrogens is 376 g/mol. The van der Waals surface area contributed by atoms with Gasteiger partial charge in [0.05, 0.1) is 4.92 Å². The lowest BCUT2D eigenvalue weighted by molar-refractivity contribution is -0.384. The van der Waals surface area contributed by atoms with Gasteiger partial charge >= 0.3 is 5.97 Å². The summed E-state index contributed by atoms with van der Waals surface area (Å²) in [6, 6.07) is 9.29. The largest absolute Gasteiger partial charge is 0.486 e. The Kier molecular flexibility index (Phi) is 4.25. The maximum atomic E-state index is 12.1. The van der Waals surface area contributed by atoms with Crippen LogP contribution in [-0.2, 0) is 9.53 Å². The van der Waals surface area contributed by atoms with E-state index in [2.05, 4.69) is 4.99 Å². The maximum Gasteiger partial charge on any atom is 0.363 e. The number of hydrogen-bond acceptors (Lipinski definition) is 7. The summed E-state index contributed by atoms with van der Waals surface area (Å²) < 4.78 is 16.1. The van der Waals surface area contributed by atoms with Crippen LogP contribution in [0.25, 0.3) is 6.08 Å². The van der Waals surface area contributed by atoms with Gasteiger partial charge in [-0.15, -0.1) is 0 Å². The monoisotopic (exact) mass is 386 g/mol. The first kappa shape index (κ1) is 17.0. The number of carbonyl (C=O) groups is 1. The van der Waals surface area contributed by atoms with Crippen molar-refractivity contribution in [2.24, 2.45) is 4.99 Å². The highest BCUT2D eigenvalue weighted by Gasteiger charge is 2.26. The average Bonchev–Trinajstić information content (AvgIpc) is 3.02. The molecule has 2 aliphatic heterocycles. The molecule has 9 heteroatoms. The van der Waals surface area contributed by atoms with E-state index >= 15 is 0 Å². The standard InChI is InChI=1S/C18H11ClN2O6/c19-12-3-2-11(9-14(12)21(23)24)17-20-13(18(22)27-17)7-10-1-4-15-16(8-10)26-6-5-25-15/h1-4,7-9H,5-6H2/b13-7-. The molecule has 0 saturated heterocycles. The van der Waals surface area contributed by atoms with Gasteiger partial charge < -0.3 is 14.2 Å². The van der Waals surface area contributed by atoms with Crippen molar-refractivity contribution in [2.75, 3.05) is 13.2 Å². The van der Waals surface area contributed by atoms with Crippen molar-refractivity contribution < 1.29 is 23.9 Å². The number of rotatable bonds is 3. The van der Waals surface area contributed by atoms with Crippen molar-refractivity contribution in [3.05, 3.63) is 68.4 Å². The summed E-state index contributed by atoms with van der Waals surface area (Å²) in [5.74, 6) is 0.538. The number of esters is 1. The van der Waals surface area contributed by atoms with Crippen LogP contribution in [-0.4, -0.2) is 30.0 Å². The van der Waals surface area contributed by atoms with Crippen LogP contribution in [0.5, 0.6) is 11.5 Å². The van der Waals surface area contributed by atoms with E-state index in [-0.39, 0.29) is 27.9 Å². The minimum absolute atomic E-state index is 0.0132. The lowest BCUT2D eigenvalue weighted by Gasteiger charge is -2.18. The summed E-state index contributed by atoms with van der Waals surface area (Å²) in [4.78, 5) is 26.7. The fraction of sp³-hybridized carbons (Fsp3) is 0.111. The van der Waals surface area contributed by atoms with Gasteiger partial charge in [-0.05, 0) is 35.9 Å². The molecular formula is C18H11ClN2O6. The zero-order valence-electron chi connectivity index (χ0n) is 13.7. The zero-order valence-corrected chi connectivity index (χ0v) is 14.4. The number of ether oxygens (including phenoxy) is 3. The molecule has 0 unspecified atom stereocenters. The molecule has 0 radical (unpaired) electrons. The van der Waals surface area contributed by atoms with Crippen LogP contribution < -0.4 is 9.47 Å². The number of benzene rings is 2. The van der Waals surface area contributed by atoms with Crippen molar-refractivity contribution in [3.63, 3.8) is 0 Å². The second-order valence-electron chi connectivity index (χ2n) is 5.66. The van der Waals surface area contributed by atoms with Crippen molar-refractivity contribution in [3.8, 4) is 11.5 Å². The minimum atomic E-state index is -0.655. The second kappa shape index (κ2) is 6.73. The maximum absolute atomic E-state index is 12.1. The number of cyclic esters (lactones) is 1. The fourth-order valence-electron chi connectivity index (χ4n) is 2.63. The highest BCUT2D eigenvalue weighted by atomic mass is 35.5. The fourth-order valence-corrected chi connectivity index (χ4v) is 2.81. The molecule has 0 atom stereocenters. The number of carbonyl (C=O) groups excluding carboxylic acids is 1. The van der Waals surface area contributed by atoms with Crippen LogP contribution in [0.4, 0.5) is 5.69 Å². The molecule has 0 spiro atoms. The summed E-state index contributed by atoms with van der Waals surface area (Å²) >= 11 is 5.80. The number of halogens is 1. The number of fused-ring (bicyclic) bond motifs is 1. The molecule has 0 bridgehead atoms. The predicted octanol–water partition coefficient (Wildman–Crippen LogP) is 3.36. The Balaban J connectivity index is 1.66. The topological polar surface area (TPSA) is 100 Å². The number of hydrogen-bond donors (Lipinski definition) is 0. The van der Waals surface area contributed by atoms with Gasteiger partial charge in [-0.2, -0.15) is 0 Å². The first-order valence-electron chi connectivity index (χ1n) is 7.88. The van der Waals surface area contributed by atoms with Gasteiger partial charge in [0.2, 0.25) is 5.90 Å². The van der Waals surface area contributed by atoms with E-state index in [1.807, 2.05) is 0 Å². The number of nitrogens with zero attached hydrogens (tertiary/aromatic N) is 2. The third-order valence-corrected chi connectivity index (χ3v) is 4.20. The van der Waals surface area contributed by atoms with E-state index in [9.17, 15) is 14.9 Å². The molecule has 4 rings (SSSR count). The van der Waals surface area contributed by atoms with Gasteiger partial charge in [0.15, 0.2) is 17.2 Å². The van der Waals surface area contributed by atoms with Crippen molar-refractivity contribution >= 4 is 35.2 Å². The molecule has 2 aromatic rings. The molecule has 0 fully saturated rings. The molecule has 0 N–H and O–H groups in total. The number of nitro benzene ring substituents is 1. The lowest BCUT2D eigenvalue weighted by atomic mass is 10.1. The second-order valence-corrected chi connectivity index (χ2v) is 6.07. The van der Waals surface area contributed by atoms with Gasteiger partial charge in [-0.3, -0.25) is 10.1 Å². The SMILES string of the molecule is O=C1OC(c2ccc(Cl)c([N+](=O)[O-])c2)=N/C1=C\c1ccc2c(c1)OCCO2. The summed E-state index contributed by atoms with van der Waals surface area (Å²) in [5.41, 5.74) is 0.736. The Labute approximate surface area is 157 Å². The number of nitro groups is 1. The Hall–Kier alpha value is -3.39. The minimum Gasteiger partial charge on any atom is -0.486 e. The molecule has 2 aliphatic rings. The zero-order chi connectivity index (χ0) is 19.0. The van der Waals surface area contributed by atoms with E-state index in [1.165, 1.54) is 24.3 Å². The van der Waals surface area contributed by atoms with Crippen molar-refractivity contribution in [2.45, 2.75) is 0 Å². The average molecular weight is 387 g/mol. The smallest absolute Gasteiger partial charge is 0.363 e. The number of aliphatic imine (C=N–C) groups is 1. The molecule has 27 heavy (non-hydrogen) atoms. The summed E-state index contributed by atoms with van der Waals surface area (Å²) in [7, 11) is 0. The van der Waals surface area contributed by atoms with E-state index in [0.29, 0.717) is 30.3 Å². The third kappa shape index (κ3) is 3.34. The van der Waals surface area contributed by atoms with E-state index in [0.717, 1.165) is 0 Å². The van der Waals surface area contributed by atoms with E-state index in [4.69, 9.17) is 25.8 Å². The molecule has 0 saturated carbocycles. The first-order chi connectivity index (χ1) is 13.0. The van der Waals surface area contributed by atoms with Crippen molar-refractivity contribution in [1.82, 2.24) is 0 Å². The van der Waals surface area contributed by atoms with Gasteiger partial charge in [-0.25, -0.2) is 9.79 Å². The molecule has 8 nitrogen and oxygen atoms in total. The Morgan fingerprint density at radius 2 is 1.89 bits per heavy atom. The molecule has 2 heterocycles. The van der Waals surface area contributed by atoms with E-state index < -0.39 is 10.9 Å². The van der Waals surface area contributed by atoms with Crippen LogP contribution in [0.15, 0.2) is 47.1 Å². The summed E-state index contributed by atoms with van der Waals surface area (Å²) in [6.45, 7) is 0.938. The van der Waals surface area contributed by atoms with Crippen LogP contribution in [0.2, 0.25) is 5.02 Å². The Bertz CT molecular complexity index is 1030.